The number of nitrogens with zero attached hydrogens (tertiary/aromatic N) is 2. The molecule has 0 spiro atoms. The fraction of sp³-hybridized carbons (Fsp3) is 0.233. The zero-order valence-corrected chi connectivity index (χ0v) is 22.4. The Labute approximate surface area is 227 Å². The molecule has 5 rings (SSSR count). The number of ketones is 1. The van der Waals surface area contributed by atoms with E-state index in [9.17, 15) is 18.0 Å². The van der Waals surface area contributed by atoms with Crippen LogP contribution in [0.5, 0.6) is 5.75 Å². The van der Waals surface area contributed by atoms with E-state index < -0.39 is 27.6 Å². The van der Waals surface area contributed by atoms with Crippen LogP contribution in [0.15, 0.2) is 90.3 Å². The number of rotatable bonds is 9. The number of amides is 1. The highest BCUT2D eigenvalue weighted by atomic mass is 32.2. The third kappa shape index (κ3) is 5.63. The van der Waals surface area contributed by atoms with Crippen molar-refractivity contribution < 1.29 is 22.7 Å². The van der Waals surface area contributed by atoms with Gasteiger partial charge in [0.25, 0.3) is 5.91 Å². The van der Waals surface area contributed by atoms with Crippen LogP contribution < -0.4 is 10.1 Å². The number of aromatic nitrogens is 2. The topological polar surface area (TPSA) is 107 Å². The van der Waals surface area contributed by atoms with Crippen LogP contribution in [-0.2, 0) is 28.6 Å². The zero-order valence-electron chi connectivity index (χ0n) is 21.5. The fourth-order valence-electron chi connectivity index (χ4n) is 4.99. The van der Waals surface area contributed by atoms with Gasteiger partial charge in [-0.15, -0.1) is 0 Å². The van der Waals surface area contributed by atoms with E-state index in [-0.39, 0.29) is 16.2 Å². The van der Waals surface area contributed by atoms with E-state index >= 15 is 0 Å². The van der Waals surface area contributed by atoms with Gasteiger partial charge in [-0.05, 0) is 48.2 Å². The van der Waals surface area contributed by atoms with Gasteiger partial charge in [0, 0.05) is 37.0 Å². The van der Waals surface area contributed by atoms with E-state index in [1.165, 1.54) is 19.2 Å². The van der Waals surface area contributed by atoms with Gasteiger partial charge in [0.1, 0.15) is 11.9 Å². The fourth-order valence-corrected chi connectivity index (χ4v) is 6.63. The van der Waals surface area contributed by atoms with Gasteiger partial charge in [-0.25, -0.2) is 13.4 Å². The maximum Gasteiger partial charge on any atom is 0.252 e. The Hall–Kier alpha value is -4.24. The van der Waals surface area contributed by atoms with Crippen LogP contribution in [0.2, 0.25) is 0 Å². The average molecular weight is 544 g/mol. The number of fused-ring (bicyclic) bond motifs is 1. The first-order valence-electron chi connectivity index (χ1n) is 12.8. The van der Waals surface area contributed by atoms with Crippen molar-refractivity contribution in [1.29, 1.82) is 0 Å². The lowest BCUT2D eigenvalue weighted by molar-refractivity contribution is 0.0956. The second kappa shape index (κ2) is 11.2. The van der Waals surface area contributed by atoms with E-state index in [4.69, 9.17) is 4.74 Å². The van der Waals surface area contributed by atoms with Crippen molar-refractivity contribution in [2.45, 2.75) is 42.6 Å². The SMILES string of the molecule is CNC(=O)c1ccccc1S(=O)(=O)Cc1c(O[C@H](Cn2ccnc2)c2ccccc2)ccc2c1CCCC2=O. The molecule has 1 aromatic heterocycles. The highest BCUT2D eigenvalue weighted by molar-refractivity contribution is 7.90. The van der Waals surface area contributed by atoms with Gasteiger partial charge in [0.15, 0.2) is 15.6 Å². The number of benzene rings is 3. The molecule has 4 aromatic rings. The molecule has 1 atom stereocenters. The minimum atomic E-state index is -3.99. The number of hydrogen-bond acceptors (Lipinski definition) is 6. The Balaban J connectivity index is 1.60. The molecule has 39 heavy (non-hydrogen) atoms. The Morgan fingerprint density at radius 1 is 1.05 bits per heavy atom. The summed E-state index contributed by atoms with van der Waals surface area (Å²) in [6.07, 6.45) is 6.40. The lowest BCUT2D eigenvalue weighted by Crippen LogP contribution is -2.22. The Morgan fingerprint density at radius 2 is 1.82 bits per heavy atom. The highest BCUT2D eigenvalue weighted by Gasteiger charge is 2.30. The molecule has 200 valence electrons. The molecule has 1 amide bonds. The van der Waals surface area contributed by atoms with Crippen molar-refractivity contribution >= 4 is 21.5 Å². The van der Waals surface area contributed by atoms with Crippen LogP contribution in [0.4, 0.5) is 0 Å². The van der Waals surface area contributed by atoms with E-state index in [0.29, 0.717) is 48.2 Å². The number of Topliss-reactive ketones (excluding diaryl/α,β-unsaturated/α-hetero) is 1. The molecule has 0 bridgehead atoms. The summed E-state index contributed by atoms with van der Waals surface area (Å²) < 4.78 is 36.2. The lowest BCUT2D eigenvalue weighted by Gasteiger charge is -2.26. The molecule has 3 aromatic carbocycles. The van der Waals surface area contributed by atoms with E-state index in [1.54, 1.807) is 36.8 Å². The number of sulfone groups is 1. The first-order valence-corrected chi connectivity index (χ1v) is 14.4. The van der Waals surface area contributed by atoms with Gasteiger partial charge in [0.05, 0.1) is 29.1 Å². The maximum atomic E-state index is 13.8. The summed E-state index contributed by atoms with van der Waals surface area (Å²) in [4.78, 5) is 29.3. The van der Waals surface area contributed by atoms with E-state index in [2.05, 4.69) is 10.3 Å². The second-order valence-corrected chi connectivity index (χ2v) is 11.4. The normalized spacial score (nSPS) is 13.9. The molecule has 9 heteroatoms. The lowest BCUT2D eigenvalue weighted by atomic mass is 9.87. The largest absolute Gasteiger partial charge is 0.484 e. The summed E-state index contributed by atoms with van der Waals surface area (Å²) >= 11 is 0. The average Bonchev–Trinajstić information content (AvgIpc) is 3.47. The molecule has 0 aliphatic heterocycles. The third-order valence-corrected chi connectivity index (χ3v) is 8.62. The molecular weight excluding hydrogens is 514 g/mol. The number of ether oxygens (including phenoxy) is 1. The van der Waals surface area contributed by atoms with Crippen LogP contribution in [0, 0.1) is 0 Å². The quantitative estimate of drug-likeness (QED) is 0.332. The van der Waals surface area contributed by atoms with Crippen molar-refractivity contribution in [3.8, 4) is 5.75 Å². The van der Waals surface area contributed by atoms with Crippen LogP contribution in [0.25, 0.3) is 0 Å². The molecule has 1 heterocycles. The summed E-state index contributed by atoms with van der Waals surface area (Å²) in [5.74, 6) is -0.497. The minimum absolute atomic E-state index is 0.00904. The predicted octanol–water partition coefficient (Wildman–Crippen LogP) is 4.56. The summed E-state index contributed by atoms with van der Waals surface area (Å²) in [7, 11) is -2.53. The summed E-state index contributed by atoms with van der Waals surface area (Å²) in [6.45, 7) is 0.450. The third-order valence-electron chi connectivity index (χ3n) is 6.92. The van der Waals surface area contributed by atoms with Gasteiger partial charge in [-0.3, -0.25) is 9.59 Å². The molecule has 1 aliphatic rings. The van der Waals surface area contributed by atoms with Gasteiger partial charge in [-0.1, -0.05) is 42.5 Å². The standard InChI is InChI=1S/C30H29N3O5S/c1-31-30(35)24-10-5-6-13-29(24)39(36,37)19-25-22-11-7-12-26(34)23(22)14-15-27(25)38-28(18-33-17-16-32-20-33)21-8-3-2-4-9-21/h2-6,8-10,13-17,20,28H,7,11-12,18-19H2,1H3,(H,31,35)/t28-/m1/s1. The summed E-state index contributed by atoms with van der Waals surface area (Å²) in [5.41, 5.74) is 2.67. The molecule has 0 unspecified atom stereocenters. The Morgan fingerprint density at radius 3 is 2.56 bits per heavy atom. The molecule has 0 radical (unpaired) electrons. The van der Waals surface area contributed by atoms with Crippen LogP contribution in [0.1, 0.15) is 56.4 Å². The molecule has 1 N–H and O–H groups in total. The zero-order chi connectivity index (χ0) is 27.4. The van der Waals surface area contributed by atoms with Crippen LogP contribution in [-0.4, -0.2) is 36.7 Å². The summed E-state index contributed by atoms with van der Waals surface area (Å²) in [6, 6.07) is 19.3. The smallest absolute Gasteiger partial charge is 0.252 e. The number of imidazole rings is 1. The van der Waals surface area contributed by atoms with Crippen molar-refractivity contribution in [3.63, 3.8) is 0 Å². The summed E-state index contributed by atoms with van der Waals surface area (Å²) in [5, 5.41) is 2.51. The van der Waals surface area contributed by atoms with Crippen molar-refractivity contribution in [2.75, 3.05) is 7.05 Å². The van der Waals surface area contributed by atoms with E-state index in [1.807, 2.05) is 41.1 Å². The van der Waals surface area contributed by atoms with Gasteiger partial charge < -0.3 is 14.6 Å². The molecule has 1 aliphatic carbocycles. The number of carbonyl (C=O) groups excluding carboxylic acids is 2. The first-order chi connectivity index (χ1) is 18.9. The number of hydrogen-bond donors (Lipinski definition) is 1. The molecule has 0 saturated heterocycles. The highest BCUT2D eigenvalue weighted by Crippen LogP contribution is 2.37. The van der Waals surface area contributed by atoms with Gasteiger partial charge >= 0.3 is 0 Å². The minimum Gasteiger partial charge on any atom is -0.484 e. The first kappa shape index (κ1) is 26.4. The Bertz CT molecular complexity index is 1600. The van der Waals surface area contributed by atoms with Gasteiger partial charge in [0.2, 0.25) is 0 Å². The van der Waals surface area contributed by atoms with Crippen molar-refractivity contribution in [1.82, 2.24) is 14.9 Å². The second-order valence-electron chi connectivity index (χ2n) is 9.46. The van der Waals surface area contributed by atoms with Crippen LogP contribution >= 0.6 is 0 Å². The van der Waals surface area contributed by atoms with Crippen molar-refractivity contribution in [3.05, 3.63) is 113 Å². The molecule has 8 nitrogen and oxygen atoms in total. The molecule has 0 saturated carbocycles. The predicted molar refractivity (Wildman–Crippen MR) is 146 cm³/mol. The van der Waals surface area contributed by atoms with Gasteiger partial charge in [-0.2, -0.15) is 0 Å². The monoisotopic (exact) mass is 543 g/mol. The molecular formula is C30H29N3O5S. The number of carbonyl (C=O) groups is 2. The van der Waals surface area contributed by atoms with E-state index in [0.717, 1.165) is 5.56 Å². The maximum absolute atomic E-state index is 13.8. The van der Waals surface area contributed by atoms with Crippen molar-refractivity contribution in [2.24, 2.45) is 0 Å². The number of nitrogens with one attached hydrogen (secondary N) is 1. The van der Waals surface area contributed by atoms with Crippen LogP contribution in [0.3, 0.4) is 0 Å². The molecule has 0 fully saturated rings. The Kier molecular flexibility index (Phi) is 7.60.